The maximum absolute atomic E-state index is 12.4. The van der Waals surface area contributed by atoms with E-state index in [1.807, 2.05) is 6.07 Å². The summed E-state index contributed by atoms with van der Waals surface area (Å²) in [6.45, 7) is 0.249. The first kappa shape index (κ1) is 14.5. The van der Waals surface area contributed by atoms with Gasteiger partial charge < -0.3 is 15.4 Å². The molecular formula is C20H24N2O2. The Bertz CT molecular complexity index is 784. The number of carbonyl (C=O) groups excluding carboxylic acids is 1. The largest absolute Gasteiger partial charge is 0.396 e. The third kappa shape index (κ3) is 1.86. The molecule has 1 amide bonds. The van der Waals surface area contributed by atoms with Crippen molar-refractivity contribution in [1.29, 1.82) is 0 Å². The standard InChI is InChI=1S/C20H24N2O2/c23-11-20-15-8-13(9-16(15)20)19(20)22-18(24)7-3-4-12-10-21-17-6-2-1-5-14(12)17/h1-2,5-6,10,13,15-16,19,21,23H,3-4,7-9,11H2,(H,22,24). The lowest BCUT2D eigenvalue weighted by atomic mass is 9.97. The number of benzene rings is 1. The first-order valence-corrected chi connectivity index (χ1v) is 9.19. The van der Waals surface area contributed by atoms with E-state index in [1.54, 1.807) is 0 Å². The number of H-pyrrole nitrogens is 1. The summed E-state index contributed by atoms with van der Waals surface area (Å²) in [6, 6.07) is 8.53. The van der Waals surface area contributed by atoms with Crippen LogP contribution in [0.3, 0.4) is 0 Å². The van der Waals surface area contributed by atoms with Gasteiger partial charge in [-0.1, -0.05) is 18.2 Å². The first-order chi connectivity index (χ1) is 11.7. The van der Waals surface area contributed by atoms with Crippen molar-refractivity contribution in [2.45, 2.75) is 38.1 Å². The molecule has 0 spiro atoms. The molecule has 1 heterocycles. The van der Waals surface area contributed by atoms with Crippen molar-refractivity contribution in [3.8, 4) is 0 Å². The zero-order valence-electron chi connectivity index (χ0n) is 13.8. The number of aliphatic hydroxyl groups excluding tert-OH is 1. The van der Waals surface area contributed by atoms with Crippen molar-refractivity contribution in [3.63, 3.8) is 0 Å². The van der Waals surface area contributed by atoms with Gasteiger partial charge in [0.15, 0.2) is 0 Å². The number of hydrogen-bond acceptors (Lipinski definition) is 2. The van der Waals surface area contributed by atoms with Gasteiger partial charge in [0.1, 0.15) is 0 Å². The molecule has 4 aliphatic carbocycles. The molecule has 6 rings (SSSR count). The average Bonchev–Trinajstić information content (AvgIpc) is 3.09. The van der Waals surface area contributed by atoms with Crippen molar-refractivity contribution in [2.75, 3.05) is 6.61 Å². The van der Waals surface area contributed by atoms with Crippen LogP contribution in [0.25, 0.3) is 10.9 Å². The highest BCUT2D eigenvalue weighted by molar-refractivity contribution is 5.83. The molecule has 2 aromatic rings. The minimum Gasteiger partial charge on any atom is -0.396 e. The summed E-state index contributed by atoms with van der Waals surface area (Å²) < 4.78 is 0. The van der Waals surface area contributed by atoms with E-state index >= 15 is 0 Å². The summed E-state index contributed by atoms with van der Waals surface area (Å²) in [5.41, 5.74) is 2.50. The molecule has 0 radical (unpaired) electrons. The molecule has 0 saturated heterocycles. The van der Waals surface area contributed by atoms with Crippen LogP contribution < -0.4 is 5.32 Å². The molecular weight excluding hydrogens is 300 g/mol. The highest BCUT2D eigenvalue weighted by atomic mass is 16.3. The molecule has 3 atom stereocenters. The van der Waals surface area contributed by atoms with E-state index in [9.17, 15) is 9.90 Å². The Morgan fingerprint density at radius 3 is 2.88 bits per heavy atom. The lowest BCUT2D eigenvalue weighted by Gasteiger charge is -2.23. The van der Waals surface area contributed by atoms with Crippen LogP contribution in [0.15, 0.2) is 30.5 Å². The molecule has 3 N–H and O–H groups in total. The highest BCUT2D eigenvalue weighted by Crippen LogP contribution is 2.78. The number of aromatic nitrogens is 1. The highest BCUT2D eigenvalue weighted by Gasteiger charge is 2.79. The Kier molecular flexibility index (Phi) is 3.08. The number of fused-ring (bicyclic) bond motifs is 1. The van der Waals surface area contributed by atoms with E-state index in [2.05, 4.69) is 34.7 Å². The van der Waals surface area contributed by atoms with Gasteiger partial charge in [-0.05, 0) is 55.1 Å². The van der Waals surface area contributed by atoms with Gasteiger partial charge in [0, 0.05) is 35.0 Å². The fraction of sp³-hybridized carbons (Fsp3) is 0.550. The molecule has 4 nitrogen and oxygen atoms in total. The number of carbonyl (C=O) groups is 1. The smallest absolute Gasteiger partial charge is 0.220 e. The molecule has 126 valence electrons. The van der Waals surface area contributed by atoms with Gasteiger partial charge in [-0.15, -0.1) is 0 Å². The summed E-state index contributed by atoms with van der Waals surface area (Å²) in [6.07, 6.45) is 6.84. The minimum absolute atomic E-state index is 0.0527. The van der Waals surface area contributed by atoms with E-state index in [4.69, 9.17) is 0 Å². The third-order valence-electron chi connectivity index (χ3n) is 7.04. The molecule has 3 unspecified atom stereocenters. The quantitative estimate of drug-likeness (QED) is 0.765. The number of aryl methyl sites for hydroxylation is 1. The molecule has 4 heteroatoms. The fourth-order valence-electron chi connectivity index (χ4n) is 5.93. The van der Waals surface area contributed by atoms with Crippen LogP contribution in [0.5, 0.6) is 0 Å². The second kappa shape index (κ2) is 5.09. The number of aromatic amines is 1. The van der Waals surface area contributed by atoms with E-state index < -0.39 is 0 Å². The first-order valence-electron chi connectivity index (χ1n) is 9.19. The maximum atomic E-state index is 12.4. The zero-order chi connectivity index (χ0) is 16.3. The number of aliphatic hydroxyl groups is 1. The molecule has 4 bridgehead atoms. The van der Waals surface area contributed by atoms with Gasteiger partial charge in [-0.2, -0.15) is 0 Å². The topological polar surface area (TPSA) is 65.1 Å². The monoisotopic (exact) mass is 324 g/mol. The SMILES string of the molecule is O=C(CCCc1c[nH]c2ccccc12)NC1C2CC3C(C2)C31CO. The van der Waals surface area contributed by atoms with E-state index in [1.165, 1.54) is 23.8 Å². The second-order valence-corrected chi connectivity index (χ2v) is 7.97. The van der Waals surface area contributed by atoms with Crippen molar-refractivity contribution >= 4 is 16.8 Å². The molecule has 0 aliphatic heterocycles. The maximum Gasteiger partial charge on any atom is 0.220 e. The predicted molar refractivity (Wildman–Crippen MR) is 92.4 cm³/mol. The van der Waals surface area contributed by atoms with Gasteiger partial charge in [0.25, 0.3) is 0 Å². The number of nitrogens with one attached hydrogen (secondary N) is 2. The lowest BCUT2D eigenvalue weighted by Crippen LogP contribution is -2.43. The van der Waals surface area contributed by atoms with Crippen molar-refractivity contribution < 1.29 is 9.90 Å². The van der Waals surface area contributed by atoms with Crippen LogP contribution >= 0.6 is 0 Å². The van der Waals surface area contributed by atoms with Crippen LogP contribution in [-0.2, 0) is 11.2 Å². The Labute approximate surface area is 141 Å². The van der Waals surface area contributed by atoms with Crippen molar-refractivity contribution in [2.24, 2.45) is 23.2 Å². The normalized spacial score (nSPS) is 35.5. The Morgan fingerprint density at radius 1 is 1.29 bits per heavy atom. The molecule has 1 aromatic heterocycles. The molecule has 24 heavy (non-hydrogen) atoms. The second-order valence-electron chi connectivity index (χ2n) is 7.97. The molecule has 4 fully saturated rings. The number of amides is 1. The van der Waals surface area contributed by atoms with Gasteiger partial charge in [0.05, 0.1) is 6.61 Å². The summed E-state index contributed by atoms with van der Waals surface area (Å²) in [7, 11) is 0. The summed E-state index contributed by atoms with van der Waals surface area (Å²) in [4.78, 5) is 15.7. The third-order valence-corrected chi connectivity index (χ3v) is 7.04. The van der Waals surface area contributed by atoms with Crippen LogP contribution in [0.1, 0.15) is 31.2 Å². The van der Waals surface area contributed by atoms with Crippen LogP contribution in [0.4, 0.5) is 0 Å². The van der Waals surface area contributed by atoms with Gasteiger partial charge in [0.2, 0.25) is 5.91 Å². The number of para-hydroxylation sites is 1. The van der Waals surface area contributed by atoms with Crippen molar-refractivity contribution in [3.05, 3.63) is 36.0 Å². The van der Waals surface area contributed by atoms with Crippen LogP contribution in [0, 0.1) is 23.2 Å². The van der Waals surface area contributed by atoms with Crippen LogP contribution in [-0.4, -0.2) is 28.6 Å². The number of rotatable bonds is 6. The fourth-order valence-corrected chi connectivity index (χ4v) is 5.93. The van der Waals surface area contributed by atoms with E-state index in [0.29, 0.717) is 24.2 Å². The summed E-state index contributed by atoms with van der Waals surface area (Å²) in [5.74, 6) is 2.14. The minimum atomic E-state index is 0.0527. The predicted octanol–water partition coefficient (Wildman–Crippen LogP) is 2.62. The molecule has 4 saturated carbocycles. The zero-order valence-corrected chi connectivity index (χ0v) is 13.8. The van der Waals surface area contributed by atoms with E-state index in [-0.39, 0.29) is 24.0 Å². The summed E-state index contributed by atoms with van der Waals surface area (Å²) in [5, 5.41) is 14.3. The lowest BCUT2D eigenvalue weighted by molar-refractivity contribution is -0.122. The van der Waals surface area contributed by atoms with Crippen molar-refractivity contribution in [1.82, 2.24) is 10.3 Å². The van der Waals surface area contributed by atoms with E-state index in [0.717, 1.165) is 18.4 Å². The Balaban J connectivity index is 1.17. The van der Waals surface area contributed by atoms with Crippen LogP contribution in [0.2, 0.25) is 0 Å². The summed E-state index contributed by atoms with van der Waals surface area (Å²) >= 11 is 0. The van der Waals surface area contributed by atoms with Gasteiger partial charge in [-0.25, -0.2) is 0 Å². The average molecular weight is 324 g/mol. The Morgan fingerprint density at radius 2 is 2.08 bits per heavy atom. The van der Waals surface area contributed by atoms with Gasteiger partial charge >= 0.3 is 0 Å². The molecule has 1 aromatic carbocycles. The molecule has 4 aliphatic rings. The number of hydrogen-bond donors (Lipinski definition) is 3. The Hall–Kier alpha value is -1.81. The van der Waals surface area contributed by atoms with Gasteiger partial charge in [-0.3, -0.25) is 4.79 Å².